The van der Waals surface area contributed by atoms with Gasteiger partial charge in [-0.15, -0.1) is 29.3 Å². The first-order valence-electron chi connectivity index (χ1n) is 32.7. The fourth-order valence-corrected chi connectivity index (χ4v) is 7.83. The minimum atomic E-state index is -4.26. The predicted molar refractivity (Wildman–Crippen MR) is 271 cm³/mol. The number of pyridine rings is 1. The van der Waals surface area contributed by atoms with E-state index in [0.717, 1.165) is 15.7 Å². The van der Waals surface area contributed by atoms with Gasteiger partial charge >= 0.3 is 0 Å². The van der Waals surface area contributed by atoms with Crippen molar-refractivity contribution in [3.8, 4) is 67.5 Å². The van der Waals surface area contributed by atoms with Gasteiger partial charge in [-0.3, -0.25) is 9.55 Å². The second kappa shape index (κ2) is 17.3. The van der Waals surface area contributed by atoms with Gasteiger partial charge in [0.15, 0.2) is 0 Å². The summed E-state index contributed by atoms with van der Waals surface area (Å²) in [5, 5.41) is 13.0. The normalized spacial score (nSPS) is 19.4. The molecule has 5 heteroatoms. The number of aromatic nitrogens is 3. The van der Waals surface area contributed by atoms with E-state index in [1.165, 1.54) is 30.3 Å². The van der Waals surface area contributed by atoms with Crippen molar-refractivity contribution >= 4 is 11.0 Å². The molecule has 0 unspecified atom stereocenters. The molecule has 2 heterocycles. The average molecular weight is 1060 g/mol. The summed E-state index contributed by atoms with van der Waals surface area (Å²) >= 11 is 0. The molecule has 2 aromatic heterocycles. The van der Waals surface area contributed by atoms with Crippen molar-refractivity contribution in [1.82, 2.24) is 14.5 Å². The van der Waals surface area contributed by atoms with Gasteiger partial charge in [0.05, 0.1) is 22.3 Å². The maximum Gasteiger partial charge on any atom is 0.148 e. The molecule has 6 aromatic carbocycles. The average Bonchev–Trinajstić information content (AvgIpc) is 1.29. The van der Waals surface area contributed by atoms with Crippen molar-refractivity contribution in [2.75, 3.05) is 0 Å². The molecule has 1 N–H and O–H groups in total. The van der Waals surface area contributed by atoms with E-state index in [1.54, 1.807) is 66.9 Å². The van der Waals surface area contributed by atoms with Crippen molar-refractivity contribution in [1.29, 1.82) is 0 Å². The quantitative estimate of drug-likeness (QED) is 0.169. The van der Waals surface area contributed by atoms with E-state index in [1.807, 2.05) is 59.7 Å². The summed E-state index contributed by atoms with van der Waals surface area (Å²) in [5.41, 5.74) is -8.33. The molecule has 8 aromatic rings. The number of aryl methyl sites for hydroxylation is 2. The van der Waals surface area contributed by atoms with Gasteiger partial charge in [0.25, 0.3) is 0 Å². The summed E-state index contributed by atoms with van der Waals surface area (Å²) in [6, 6.07) is 34.1. The number of rotatable bonds is 6. The third-order valence-corrected chi connectivity index (χ3v) is 11.5. The summed E-state index contributed by atoms with van der Waals surface area (Å²) < 4.78 is 210. The monoisotopic (exact) mass is 1060 g/mol. The first-order valence-corrected chi connectivity index (χ1v) is 20.7. The Kier molecular flexibility index (Phi) is 6.77. The van der Waals surface area contributed by atoms with Crippen LogP contribution in [0.3, 0.4) is 0 Å². The largest absolute Gasteiger partial charge is 0.507 e. The molecule has 0 saturated carbocycles. The number of phenolic OH excluding ortho intramolecular Hbond substituents is 1. The second-order valence-corrected chi connectivity index (χ2v) is 18.4. The molecule has 4 nitrogen and oxygen atoms in total. The van der Waals surface area contributed by atoms with Crippen LogP contribution < -0.4 is 0 Å². The van der Waals surface area contributed by atoms with Gasteiger partial charge in [0, 0.05) is 71.4 Å². The summed E-state index contributed by atoms with van der Waals surface area (Å²) in [5.74, 6) is -2.21. The molecule has 0 saturated heterocycles. The fraction of sp³-hybridized carbons (Fsp3) is 0.300. The smallest absolute Gasteiger partial charge is 0.148 e. The number of nitrogens with zero attached hydrogens (tertiary/aromatic N) is 3. The van der Waals surface area contributed by atoms with Crippen molar-refractivity contribution in [3.63, 3.8) is 0 Å². The molecule has 336 valence electrons. The van der Waals surface area contributed by atoms with E-state index in [9.17, 15) is 5.11 Å². The molecule has 0 aliphatic rings. The number of hydrogen-bond donors (Lipinski definition) is 1. The predicted octanol–water partition coefficient (Wildman–Crippen LogP) is 16.1. The van der Waals surface area contributed by atoms with Gasteiger partial charge in [0.1, 0.15) is 11.6 Å². The van der Waals surface area contributed by atoms with Crippen molar-refractivity contribution in [3.05, 3.63) is 167 Å². The van der Waals surface area contributed by atoms with Crippen LogP contribution >= 0.6 is 0 Å². The van der Waals surface area contributed by atoms with Crippen LogP contribution in [0, 0.1) is 19.8 Å². The molecule has 0 aliphatic carbocycles. The minimum absolute atomic E-state index is 0. The van der Waals surface area contributed by atoms with Crippen LogP contribution in [0.15, 0.2) is 128 Å². The number of phenols is 1. The Morgan fingerprint density at radius 1 is 0.569 bits per heavy atom. The molecule has 0 radical (unpaired) electrons. The van der Waals surface area contributed by atoms with Gasteiger partial charge < -0.3 is 5.11 Å². The Labute approximate surface area is 436 Å². The number of aromatic hydroxyl groups is 1. The molecule has 0 bridgehead atoms. The van der Waals surface area contributed by atoms with E-state index in [4.69, 9.17) is 42.9 Å². The zero-order valence-electron chi connectivity index (χ0n) is 60.7. The minimum Gasteiger partial charge on any atom is -0.507 e. The van der Waals surface area contributed by atoms with Crippen LogP contribution in [-0.2, 0) is 42.7 Å². The zero-order chi connectivity index (χ0) is 66.1. The Bertz CT molecular complexity index is 3870. The third kappa shape index (κ3) is 9.57. The Hall–Kier alpha value is -5.57. The summed E-state index contributed by atoms with van der Waals surface area (Å²) in [6.07, 6.45) is 1.57. The van der Waals surface area contributed by atoms with Crippen LogP contribution in [0.2, 0.25) is 0 Å². The van der Waals surface area contributed by atoms with Crippen LogP contribution in [0.5, 0.6) is 5.75 Å². The molecule has 0 fully saturated rings. The van der Waals surface area contributed by atoms with Gasteiger partial charge in [0.2, 0.25) is 0 Å². The number of para-hydroxylation sites is 1. The topological polar surface area (TPSA) is 50.9 Å². The molecule has 8 rings (SSSR count). The van der Waals surface area contributed by atoms with Crippen LogP contribution in [0.25, 0.3) is 72.7 Å². The van der Waals surface area contributed by atoms with Gasteiger partial charge in [-0.1, -0.05) is 178 Å². The molecular weight excluding hydrogens is 974 g/mol. The van der Waals surface area contributed by atoms with Crippen LogP contribution in [0.1, 0.15) is 149 Å². The number of hydrogen-bond acceptors (Lipinski definition) is 3. The van der Waals surface area contributed by atoms with Gasteiger partial charge in [-0.25, -0.2) is 4.98 Å². The zero-order valence-corrected chi connectivity index (χ0v) is 39.0. The van der Waals surface area contributed by atoms with Gasteiger partial charge in [-0.2, -0.15) is 0 Å². The van der Waals surface area contributed by atoms with E-state index < -0.39 is 105 Å². The standard InChI is InChI=1S/C60H64N3O.Pt/c1-37-18-20-39(21-19-37)42-28-29-61-51(34-42)44-31-43(32-46(33-44)58(6,7)8)48-16-15-17-53-54(48)62-56(49-35-47(59(9,10)11)36-50(55(49)64)60(12,13)14)63(53)52-27-24-41(30-38(52)2)40-22-25-45(26-23-40)57(3,4)5;/h15-30,32-36,64H,1-14H3;/q-1;/i1D3,2D3,9D3,10D3,11D3,12D3,13D3,14D3;. The van der Waals surface area contributed by atoms with Crippen molar-refractivity contribution in [2.45, 2.75) is 118 Å². The van der Waals surface area contributed by atoms with Crippen molar-refractivity contribution < 1.29 is 59.1 Å². The van der Waals surface area contributed by atoms with E-state index >= 15 is 0 Å². The van der Waals surface area contributed by atoms with Gasteiger partial charge in [-0.05, 0) is 105 Å². The summed E-state index contributed by atoms with van der Waals surface area (Å²) in [7, 11) is 0. The number of benzene rings is 6. The van der Waals surface area contributed by atoms with E-state index in [-0.39, 0.29) is 60.4 Å². The van der Waals surface area contributed by atoms with Crippen LogP contribution in [0.4, 0.5) is 0 Å². The van der Waals surface area contributed by atoms with E-state index in [2.05, 4.69) is 6.07 Å². The van der Waals surface area contributed by atoms with Crippen molar-refractivity contribution in [2.24, 2.45) is 0 Å². The first-order chi connectivity index (χ1) is 39.9. The fourth-order valence-electron chi connectivity index (χ4n) is 7.83. The molecule has 0 amide bonds. The molecule has 0 atom stereocenters. The maximum atomic E-state index is 13.0. The van der Waals surface area contributed by atoms with Crippen LogP contribution in [-0.4, -0.2) is 19.6 Å². The summed E-state index contributed by atoms with van der Waals surface area (Å²) in [4.78, 5) is 9.72. The summed E-state index contributed by atoms with van der Waals surface area (Å²) in [6.45, 7) is -18.6. The number of imidazole rings is 1. The Morgan fingerprint density at radius 2 is 1.20 bits per heavy atom. The molecule has 0 aliphatic heterocycles. The number of fused-ring (bicyclic) bond motifs is 1. The molecule has 65 heavy (non-hydrogen) atoms. The maximum absolute atomic E-state index is 13.0. The second-order valence-electron chi connectivity index (χ2n) is 18.4. The third-order valence-electron chi connectivity index (χ3n) is 11.5. The first kappa shape index (κ1) is 25.4. The Balaban J connectivity index is 0.0000113. The SMILES string of the molecule is [2H]C([2H])([2H])c1ccc(-c2ccnc(-c3[c-]c(-c4cccc5c4nc(-c4cc(C(C([2H])([2H])[2H])(C([2H])([2H])[2H])C([2H])([2H])[2H])cc(C(C([2H])([2H])[2H])(C([2H])([2H])[2H])C([2H])([2H])[2H])c4O)n5-c4ccc(-c5ccc(C(C)(C)C)cc5)cc4C([2H])([2H])[2H])cc(C(C)(C)C)c3)c2)cc1.[Pt]. The molecule has 0 spiro atoms. The van der Waals surface area contributed by atoms with E-state index in [0.29, 0.717) is 45.1 Å². The molecular formula is C60H64N3OPt-. The Morgan fingerprint density at radius 3 is 1.85 bits per heavy atom.